The number of hydrogen-bond acceptors (Lipinski definition) is 4. The summed E-state index contributed by atoms with van der Waals surface area (Å²) in [5.41, 5.74) is 1.24. The Hall–Kier alpha value is -1.59. The maximum Gasteiger partial charge on any atom is 0.237 e. The molecular weight excluding hydrogens is 316 g/mol. The lowest BCUT2D eigenvalue weighted by atomic mass is 9.76. The van der Waals surface area contributed by atoms with Crippen LogP contribution in [0.25, 0.3) is 0 Å². The van der Waals surface area contributed by atoms with E-state index in [0.29, 0.717) is 6.54 Å². The standard InChI is InChI=1S/C20H32N2O3/c1-4-20(15-23)10-13-22(14-11-20)16(2)19(24)21-12-9-17-5-7-18(25-3)8-6-17/h5-8,16,23H,4,9-15H2,1-3H3,(H,21,24). The largest absolute Gasteiger partial charge is 0.497 e. The zero-order chi connectivity index (χ0) is 18.3. The van der Waals surface area contributed by atoms with E-state index in [1.807, 2.05) is 31.2 Å². The first-order valence-electron chi connectivity index (χ1n) is 9.29. The first kappa shape index (κ1) is 19.7. The van der Waals surface area contributed by atoms with Crippen LogP contribution < -0.4 is 10.1 Å². The monoisotopic (exact) mass is 348 g/mol. The molecule has 140 valence electrons. The van der Waals surface area contributed by atoms with Gasteiger partial charge in [-0.15, -0.1) is 0 Å². The first-order valence-corrected chi connectivity index (χ1v) is 9.29. The molecule has 0 spiro atoms. The molecule has 5 heteroatoms. The van der Waals surface area contributed by atoms with Gasteiger partial charge in [0.05, 0.1) is 13.2 Å². The Kier molecular flexibility index (Phi) is 7.26. The molecule has 1 atom stereocenters. The van der Waals surface area contributed by atoms with Gasteiger partial charge in [0.2, 0.25) is 5.91 Å². The summed E-state index contributed by atoms with van der Waals surface area (Å²) < 4.78 is 5.15. The number of nitrogens with one attached hydrogen (secondary N) is 1. The van der Waals surface area contributed by atoms with Crippen molar-refractivity contribution < 1.29 is 14.6 Å². The number of rotatable bonds is 8. The van der Waals surface area contributed by atoms with Crippen LogP contribution in [-0.4, -0.2) is 55.3 Å². The molecule has 0 aromatic heterocycles. The van der Waals surface area contributed by atoms with E-state index < -0.39 is 0 Å². The highest BCUT2D eigenvalue weighted by atomic mass is 16.5. The second-order valence-electron chi connectivity index (χ2n) is 7.11. The lowest BCUT2D eigenvalue weighted by Crippen LogP contribution is -2.51. The van der Waals surface area contributed by atoms with Gasteiger partial charge in [-0.05, 0) is 68.8 Å². The summed E-state index contributed by atoms with van der Waals surface area (Å²) in [4.78, 5) is 14.6. The molecule has 0 radical (unpaired) electrons. The molecule has 1 saturated heterocycles. The van der Waals surface area contributed by atoms with Crippen LogP contribution in [0.15, 0.2) is 24.3 Å². The molecule has 0 aliphatic carbocycles. The highest BCUT2D eigenvalue weighted by Gasteiger charge is 2.34. The smallest absolute Gasteiger partial charge is 0.237 e. The fraction of sp³-hybridized carbons (Fsp3) is 0.650. The number of aliphatic hydroxyl groups is 1. The third-order valence-electron chi connectivity index (χ3n) is 5.74. The number of benzene rings is 1. The van der Waals surface area contributed by atoms with Crippen molar-refractivity contribution in [2.45, 2.75) is 45.6 Å². The van der Waals surface area contributed by atoms with Gasteiger partial charge in [0.25, 0.3) is 0 Å². The van der Waals surface area contributed by atoms with Gasteiger partial charge in [0.1, 0.15) is 5.75 Å². The molecule has 1 fully saturated rings. The fourth-order valence-corrected chi connectivity index (χ4v) is 3.44. The third kappa shape index (κ3) is 5.19. The molecule has 5 nitrogen and oxygen atoms in total. The van der Waals surface area contributed by atoms with Gasteiger partial charge in [-0.3, -0.25) is 9.69 Å². The van der Waals surface area contributed by atoms with Crippen LogP contribution in [0.2, 0.25) is 0 Å². The van der Waals surface area contributed by atoms with Crippen LogP contribution in [-0.2, 0) is 11.2 Å². The van der Waals surface area contributed by atoms with Crippen LogP contribution in [0.4, 0.5) is 0 Å². The molecule has 2 N–H and O–H groups in total. The molecule has 0 saturated carbocycles. The predicted octanol–water partition coefficient (Wildman–Crippen LogP) is 2.23. The van der Waals surface area contributed by atoms with Crippen LogP contribution in [0.3, 0.4) is 0 Å². The Morgan fingerprint density at radius 3 is 2.48 bits per heavy atom. The Balaban J connectivity index is 1.75. The van der Waals surface area contributed by atoms with E-state index in [0.717, 1.165) is 44.5 Å². The minimum Gasteiger partial charge on any atom is -0.497 e. The van der Waals surface area contributed by atoms with E-state index in [2.05, 4.69) is 17.1 Å². The van der Waals surface area contributed by atoms with Gasteiger partial charge in [-0.1, -0.05) is 19.1 Å². The van der Waals surface area contributed by atoms with Crippen LogP contribution in [0, 0.1) is 5.41 Å². The summed E-state index contributed by atoms with van der Waals surface area (Å²) in [6.45, 7) is 6.75. The molecular formula is C20H32N2O3. The SMILES string of the molecule is CCC1(CO)CCN(C(C)C(=O)NCCc2ccc(OC)cc2)CC1. The van der Waals surface area contributed by atoms with Gasteiger partial charge >= 0.3 is 0 Å². The third-order valence-corrected chi connectivity index (χ3v) is 5.74. The number of carbonyl (C=O) groups is 1. The van der Waals surface area contributed by atoms with E-state index in [1.54, 1.807) is 7.11 Å². The Labute approximate surface area is 151 Å². The Bertz CT molecular complexity index is 530. The van der Waals surface area contributed by atoms with Crippen molar-refractivity contribution in [1.29, 1.82) is 0 Å². The molecule has 1 aromatic rings. The summed E-state index contributed by atoms with van der Waals surface area (Å²) in [6, 6.07) is 7.81. The maximum atomic E-state index is 12.4. The van der Waals surface area contributed by atoms with Gasteiger partial charge in [0, 0.05) is 13.2 Å². The van der Waals surface area contributed by atoms with E-state index in [9.17, 15) is 9.90 Å². The number of ether oxygens (including phenoxy) is 1. The van der Waals surface area contributed by atoms with E-state index >= 15 is 0 Å². The van der Waals surface area contributed by atoms with Crippen molar-refractivity contribution in [3.63, 3.8) is 0 Å². The highest BCUT2D eigenvalue weighted by molar-refractivity contribution is 5.81. The van der Waals surface area contributed by atoms with Gasteiger partial charge in [0.15, 0.2) is 0 Å². The van der Waals surface area contributed by atoms with Crippen molar-refractivity contribution >= 4 is 5.91 Å². The second-order valence-corrected chi connectivity index (χ2v) is 7.11. The number of amides is 1. The first-order chi connectivity index (χ1) is 12.0. The summed E-state index contributed by atoms with van der Waals surface area (Å²) >= 11 is 0. The van der Waals surface area contributed by atoms with Gasteiger partial charge in [-0.25, -0.2) is 0 Å². The molecule has 1 aliphatic rings. The number of aliphatic hydroxyl groups excluding tert-OH is 1. The van der Waals surface area contributed by atoms with Crippen LogP contribution in [0.1, 0.15) is 38.7 Å². The Morgan fingerprint density at radius 2 is 1.96 bits per heavy atom. The molecule has 1 unspecified atom stereocenters. The Morgan fingerprint density at radius 1 is 1.32 bits per heavy atom. The summed E-state index contributed by atoms with van der Waals surface area (Å²) in [7, 11) is 1.66. The lowest BCUT2D eigenvalue weighted by Gasteiger charge is -2.42. The predicted molar refractivity (Wildman–Crippen MR) is 99.8 cm³/mol. The molecule has 1 heterocycles. The number of nitrogens with zero attached hydrogens (tertiary/aromatic N) is 1. The average molecular weight is 348 g/mol. The number of likely N-dealkylation sites (tertiary alicyclic amines) is 1. The zero-order valence-electron chi connectivity index (χ0n) is 15.8. The average Bonchev–Trinajstić information content (AvgIpc) is 2.68. The lowest BCUT2D eigenvalue weighted by molar-refractivity contribution is -0.127. The van der Waals surface area contributed by atoms with Crippen molar-refractivity contribution in [2.24, 2.45) is 5.41 Å². The number of carbonyl (C=O) groups excluding carboxylic acids is 1. The van der Waals surface area contributed by atoms with Crippen LogP contribution >= 0.6 is 0 Å². The molecule has 1 aliphatic heterocycles. The number of methoxy groups -OCH3 is 1. The van der Waals surface area contributed by atoms with Crippen molar-refractivity contribution in [3.8, 4) is 5.75 Å². The summed E-state index contributed by atoms with van der Waals surface area (Å²) in [5.74, 6) is 0.930. The number of hydrogen-bond donors (Lipinski definition) is 2. The van der Waals surface area contributed by atoms with Crippen molar-refractivity contribution in [1.82, 2.24) is 10.2 Å². The van der Waals surface area contributed by atoms with Crippen molar-refractivity contribution in [3.05, 3.63) is 29.8 Å². The van der Waals surface area contributed by atoms with E-state index in [1.165, 1.54) is 5.56 Å². The molecule has 2 rings (SSSR count). The summed E-state index contributed by atoms with van der Waals surface area (Å²) in [5, 5.41) is 12.7. The quantitative estimate of drug-likeness (QED) is 0.756. The van der Waals surface area contributed by atoms with E-state index in [4.69, 9.17) is 4.74 Å². The van der Waals surface area contributed by atoms with E-state index in [-0.39, 0.29) is 24.0 Å². The minimum absolute atomic E-state index is 0.0566. The van der Waals surface area contributed by atoms with Gasteiger partial charge < -0.3 is 15.2 Å². The fourth-order valence-electron chi connectivity index (χ4n) is 3.44. The second kappa shape index (κ2) is 9.20. The highest BCUT2D eigenvalue weighted by Crippen LogP contribution is 2.34. The zero-order valence-corrected chi connectivity index (χ0v) is 15.8. The topological polar surface area (TPSA) is 61.8 Å². The molecule has 1 aromatic carbocycles. The maximum absolute atomic E-state index is 12.4. The minimum atomic E-state index is -0.121. The molecule has 0 bridgehead atoms. The van der Waals surface area contributed by atoms with Crippen LogP contribution in [0.5, 0.6) is 5.75 Å². The molecule has 25 heavy (non-hydrogen) atoms. The van der Waals surface area contributed by atoms with Gasteiger partial charge in [-0.2, -0.15) is 0 Å². The number of piperidine rings is 1. The van der Waals surface area contributed by atoms with Crippen molar-refractivity contribution in [2.75, 3.05) is 33.4 Å². The molecule has 1 amide bonds. The normalized spacial score (nSPS) is 18.6. The summed E-state index contributed by atoms with van der Waals surface area (Å²) in [6.07, 6.45) is 3.73.